The molecule has 32 heavy (non-hydrogen) atoms. The van der Waals surface area contributed by atoms with Gasteiger partial charge in [0.2, 0.25) is 0 Å². The molecule has 0 spiro atoms. The number of hydrogen-bond donors (Lipinski definition) is 1. The second kappa shape index (κ2) is 10.1. The quantitative estimate of drug-likeness (QED) is 0.404. The van der Waals surface area contributed by atoms with Gasteiger partial charge in [-0.15, -0.1) is 11.8 Å². The number of rotatable bonds is 8. The molecule has 0 aliphatic carbocycles. The van der Waals surface area contributed by atoms with E-state index in [0.29, 0.717) is 17.9 Å². The van der Waals surface area contributed by atoms with Crippen molar-refractivity contribution in [3.63, 3.8) is 0 Å². The Morgan fingerprint density at radius 1 is 1.19 bits per heavy atom. The van der Waals surface area contributed by atoms with Crippen LogP contribution in [0.5, 0.6) is 5.75 Å². The average Bonchev–Trinajstić information content (AvgIpc) is 3.12. The van der Waals surface area contributed by atoms with Crippen LogP contribution in [0.3, 0.4) is 0 Å². The molecule has 0 saturated heterocycles. The van der Waals surface area contributed by atoms with Gasteiger partial charge in [0, 0.05) is 15.5 Å². The Kier molecular flexibility index (Phi) is 7.73. The minimum Gasteiger partial charge on any atom is -0.488 e. The van der Waals surface area contributed by atoms with Gasteiger partial charge in [-0.05, 0) is 61.9 Å². The van der Waals surface area contributed by atoms with Crippen molar-refractivity contribution in [1.82, 2.24) is 5.32 Å². The van der Waals surface area contributed by atoms with Crippen molar-refractivity contribution < 1.29 is 17.9 Å². The molecule has 1 aliphatic heterocycles. The fourth-order valence-corrected chi connectivity index (χ4v) is 5.36. The summed E-state index contributed by atoms with van der Waals surface area (Å²) in [6.07, 6.45) is 0.450. The second-order valence-electron chi connectivity index (χ2n) is 7.60. The van der Waals surface area contributed by atoms with Crippen LogP contribution in [-0.2, 0) is 11.0 Å². The highest BCUT2D eigenvalue weighted by Gasteiger charge is 2.37. The van der Waals surface area contributed by atoms with Crippen molar-refractivity contribution in [3.8, 4) is 11.8 Å². The van der Waals surface area contributed by atoms with Crippen molar-refractivity contribution in [3.05, 3.63) is 69.8 Å². The van der Waals surface area contributed by atoms with Crippen molar-refractivity contribution >= 4 is 23.5 Å². The first kappa shape index (κ1) is 24.4. The third kappa shape index (κ3) is 5.57. The number of nitrogens with zero attached hydrogens (tertiary/aromatic N) is 1. The number of nitriles is 1. The van der Waals surface area contributed by atoms with Crippen LogP contribution in [0.1, 0.15) is 49.8 Å². The van der Waals surface area contributed by atoms with E-state index in [-0.39, 0.29) is 0 Å². The number of allylic oxidation sites excluding steroid dienone is 1. The van der Waals surface area contributed by atoms with Gasteiger partial charge >= 0.3 is 6.18 Å². The molecule has 0 fully saturated rings. The molecule has 3 nitrogen and oxygen atoms in total. The first-order valence-corrected chi connectivity index (χ1v) is 12.3. The maximum Gasteiger partial charge on any atom is 0.416 e. The maximum atomic E-state index is 13.0. The second-order valence-corrected chi connectivity index (χ2v) is 9.96. The van der Waals surface area contributed by atoms with E-state index < -0.39 is 16.6 Å². The molecule has 0 bridgehead atoms. The number of unbranched alkanes of at least 4 members (excludes halogenated alkanes) is 1. The summed E-state index contributed by atoms with van der Waals surface area (Å²) in [5.41, 5.74) is 1.81. The number of alkyl halides is 3. The monoisotopic (exact) mass is 478 g/mol. The van der Waals surface area contributed by atoms with Crippen LogP contribution in [0.4, 0.5) is 13.2 Å². The van der Waals surface area contributed by atoms with E-state index in [1.807, 2.05) is 19.2 Å². The molecule has 0 amide bonds. The standard InChI is InChI=1S/C24H25F3N2OS2/c1-4-5-6-20-22(15-30-19-12-7-16(14-28)21(13-19)31-3)32-23(2,29-20)17-8-10-18(11-9-17)24(25,26)27/h7-13,29H,4-6,15H2,1-3H3. The zero-order valence-electron chi connectivity index (χ0n) is 18.2. The third-order valence-corrected chi connectivity index (χ3v) is 7.39. The SMILES string of the molecule is CCCCC1=C(COc2ccc(C#N)c(SC)c2)SC(C)(c2ccc(C(F)(F)F)cc2)N1. The summed E-state index contributed by atoms with van der Waals surface area (Å²) < 4.78 is 44.9. The lowest BCUT2D eigenvalue weighted by atomic mass is 10.0. The van der Waals surface area contributed by atoms with Crippen LogP contribution >= 0.6 is 23.5 Å². The van der Waals surface area contributed by atoms with Crippen LogP contribution in [0.25, 0.3) is 0 Å². The number of ether oxygens (including phenoxy) is 1. The van der Waals surface area contributed by atoms with Crippen LogP contribution in [-0.4, -0.2) is 12.9 Å². The van der Waals surface area contributed by atoms with E-state index in [1.165, 1.54) is 23.9 Å². The van der Waals surface area contributed by atoms with Crippen LogP contribution in [0.2, 0.25) is 0 Å². The predicted molar refractivity (Wildman–Crippen MR) is 125 cm³/mol. The zero-order valence-corrected chi connectivity index (χ0v) is 19.8. The third-order valence-electron chi connectivity index (χ3n) is 5.26. The number of thioether (sulfide) groups is 2. The summed E-state index contributed by atoms with van der Waals surface area (Å²) in [6, 6.07) is 12.9. The molecule has 8 heteroatoms. The Morgan fingerprint density at radius 3 is 2.50 bits per heavy atom. The van der Waals surface area contributed by atoms with Crippen molar-refractivity contribution in [2.24, 2.45) is 0 Å². The average molecular weight is 479 g/mol. The van der Waals surface area contributed by atoms with E-state index in [2.05, 4.69) is 18.3 Å². The molecule has 1 atom stereocenters. The van der Waals surface area contributed by atoms with Gasteiger partial charge in [-0.2, -0.15) is 18.4 Å². The number of nitrogens with one attached hydrogen (secondary N) is 1. The van der Waals surface area contributed by atoms with Crippen LogP contribution < -0.4 is 10.1 Å². The van der Waals surface area contributed by atoms with E-state index in [1.54, 1.807) is 23.9 Å². The highest BCUT2D eigenvalue weighted by molar-refractivity contribution is 8.04. The van der Waals surface area contributed by atoms with E-state index in [9.17, 15) is 18.4 Å². The number of halogens is 3. The minimum absolute atomic E-state index is 0.354. The van der Waals surface area contributed by atoms with Gasteiger partial charge in [-0.25, -0.2) is 0 Å². The normalized spacial score (nSPS) is 18.4. The minimum atomic E-state index is -4.35. The summed E-state index contributed by atoms with van der Waals surface area (Å²) >= 11 is 3.07. The molecule has 1 unspecified atom stereocenters. The highest BCUT2D eigenvalue weighted by Crippen LogP contribution is 2.47. The zero-order chi connectivity index (χ0) is 23.4. The fourth-order valence-electron chi connectivity index (χ4n) is 3.47. The van der Waals surface area contributed by atoms with Crippen LogP contribution in [0.15, 0.2) is 58.0 Å². The molecule has 2 aromatic carbocycles. The largest absolute Gasteiger partial charge is 0.488 e. The summed E-state index contributed by atoms with van der Waals surface area (Å²) in [7, 11) is 0. The Hall–Kier alpha value is -2.24. The Labute approximate surface area is 195 Å². The van der Waals surface area contributed by atoms with E-state index >= 15 is 0 Å². The number of hydrogen-bond acceptors (Lipinski definition) is 5. The topological polar surface area (TPSA) is 45.0 Å². The van der Waals surface area contributed by atoms with Gasteiger partial charge in [0.15, 0.2) is 0 Å². The Bertz CT molecular complexity index is 1030. The molecular weight excluding hydrogens is 453 g/mol. The molecule has 3 rings (SSSR count). The van der Waals surface area contributed by atoms with Gasteiger partial charge in [0.05, 0.1) is 11.1 Å². The lowest BCUT2D eigenvalue weighted by Gasteiger charge is -2.26. The predicted octanol–water partition coefficient (Wildman–Crippen LogP) is 7.29. The van der Waals surface area contributed by atoms with Gasteiger partial charge in [-0.1, -0.05) is 37.2 Å². The molecule has 0 radical (unpaired) electrons. The Balaban J connectivity index is 1.78. The molecule has 1 heterocycles. The summed E-state index contributed by atoms with van der Waals surface area (Å²) in [5.74, 6) is 0.680. The van der Waals surface area contributed by atoms with Crippen molar-refractivity contribution in [1.29, 1.82) is 5.26 Å². The molecule has 0 saturated carbocycles. The molecule has 1 aliphatic rings. The van der Waals surface area contributed by atoms with Gasteiger partial charge in [0.1, 0.15) is 23.3 Å². The lowest BCUT2D eigenvalue weighted by Crippen LogP contribution is -2.31. The van der Waals surface area contributed by atoms with Crippen molar-refractivity contribution in [2.45, 2.75) is 49.1 Å². The molecule has 2 aromatic rings. The Morgan fingerprint density at radius 2 is 1.91 bits per heavy atom. The number of benzene rings is 2. The smallest absolute Gasteiger partial charge is 0.416 e. The summed E-state index contributed by atoms with van der Waals surface area (Å²) in [6.45, 7) is 4.45. The fraction of sp³-hybridized carbons (Fsp3) is 0.375. The summed E-state index contributed by atoms with van der Waals surface area (Å²) in [4.78, 5) is 1.33. The van der Waals surface area contributed by atoms with E-state index in [4.69, 9.17) is 4.74 Å². The summed E-state index contributed by atoms with van der Waals surface area (Å²) in [5, 5.41) is 12.7. The lowest BCUT2D eigenvalue weighted by molar-refractivity contribution is -0.137. The van der Waals surface area contributed by atoms with Crippen LogP contribution in [0, 0.1) is 11.3 Å². The van der Waals surface area contributed by atoms with Gasteiger partial charge in [-0.3, -0.25) is 0 Å². The molecule has 170 valence electrons. The molecule has 0 aromatic heterocycles. The first-order valence-electron chi connectivity index (χ1n) is 10.3. The van der Waals surface area contributed by atoms with Crippen molar-refractivity contribution in [2.75, 3.05) is 12.9 Å². The van der Waals surface area contributed by atoms with Gasteiger partial charge < -0.3 is 10.1 Å². The first-order chi connectivity index (χ1) is 15.2. The van der Waals surface area contributed by atoms with Gasteiger partial charge in [0.25, 0.3) is 0 Å². The maximum absolute atomic E-state index is 13.0. The highest BCUT2D eigenvalue weighted by atomic mass is 32.2. The van der Waals surface area contributed by atoms with E-state index in [0.717, 1.165) is 52.5 Å². The molecule has 1 N–H and O–H groups in total. The molecular formula is C24H25F3N2OS2.